The molecule has 0 aliphatic rings. The van der Waals surface area contributed by atoms with Crippen molar-refractivity contribution in [1.82, 2.24) is 0 Å². The number of anilines is 2. The summed E-state index contributed by atoms with van der Waals surface area (Å²) in [6.45, 7) is 7.01. The molecule has 0 fully saturated rings. The van der Waals surface area contributed by atoms with Crippen LogP contribution in [-0.4, -0.2) is 14.3 Å². The summed E-state index contributed by atoms with van der Waals surface area (Å²) in [6, 6.07) is 11.1. The minimum Gasteiger partial charge on any atom is -0.466 e. The lowest BCUT2D eigenvalue weighted by Gasteiger charge is -2.13. The largest absolute Gasteiger partial charge is 0.466 e. The Hall–Kier alpha value is -2.77. The van der Waals surface area contributed by atoms with Crippen LogP contribution in [0.2, 0.25) is 5.02 Å². The zero-order chi connectivity index (χ0) is 21.3. The minimum absolute atomic E-state index is 0.0714. The number of furan rings is 1. The van der Waals surface area contributed by atoms with Crippen molar-refractivity contribution in [2.75, 3.05) is 10.0 Å². The zero-order valence-electron chi connectivity index (χ0n) is 16.5. The monoisotopic (exact) mass is 432 g/mol. The summed E-state index contributed by atoms with van der Waals surface area (Å²) in [7, 11) is -3.85. The molecule has 0 bridgehead atoms. The van der Waals surface area contributed by atoms with Crippen molar-refractivity contribution in [2.45, 2.75) is 32.6 Å². The molecule has 0 atom stereocenters. The molecular weight excluding hydrogens is 412 g/mol. The third-order valence-corrected chi connectivity index (χ3v) is 6.40. The van der Waals surface area contributed by atoms with Crippen LogP contribution in [0.3, 0.4) is 0 Å². The van der Waals surface area contributed by atoms with E-state index in [4.69, 9.17) is 16.0 Å². The average molecular weight is 433 g/mol. The summed E-state index contributed by atoms with van der Waals surface area (Å²) in [5.41, 5.74) is 2.52. The highest BCUT2D eigenvalue weighted by molar-refractivity contribution is 7.92. The SMILES string of the molecule is Cc1ccc(NC(=O)c2c(C)oc(C)c2C)cc1S(=O)(=O)Nc1ccc(Cl)cc1. The van der Waals surface area contributed by atoms with Crippen molar-refractivity contribution in [3.8, 4) is 0 Å². The Morgan fingerprint density at radius 3 is 2.14 bits per heavy atom. The van der Waals surface area contributed by atoms with E-state index < -0.39 is 10.0 Å². The van der Waals surface area contributed by atoms with E-state index in [1.807, 2.05) is 6.92 Å². The van der Waals surface area contributed by atoms with Gasteiger partial charge in [0.05, 0.1) is 10.5 Å². The van der Waals surface area contributed by atoms with Gasteiger partial charge in [-0.3, -0.25) is 9.52 Å². The first-order valence-corrected chi connectivity index (χ1v) is 10.7. The molecule has 0 unspecified atom stereocenters. The number of benzene rings is 2. The van der Waals surface area contributed by atoms with E-state index in [2.05, 4.69) is 10.0 Å². The molecule has 0 saturated carbocycles. The second-order valence-electron chi connectivity index (χ2n) is 6.76. The molecule has 2 aromatic carbocycles. The molecule has 1 aromatic heterocycles. The number of nitrogens with one attached hydrogen (secondary N) is 2. The molecule has 0 aliphatic heterocycles. The number of amides is 1. The van der Waals surface area contributed by atoms with Crippen LogP contribution in [0.25, 0.3) is 0 Å². The second kappa shape index (κ2) is 7.93. The van der Waals surface area contributed by atoms with Gasteiger partial charge in [0.2, 0.25) is 0 Å². The quantitative estimate of drug-likeness (QED) is 0.578. The van der Waals surface area contributed by atoms with E-state index in [1.54, 1.807) is 57.2 Å². The van der Waals surface area contributed by atoms with Crippen molar-refractivity contribution in [3.05, 3.63) is 75.7 Å². The summed E-state index contributed by atoms with van der Waals surface area (Å²) in [5, 5.41) is 3.26. The topological polar surface area (TPSA) is 88.4 Å². The first kappa shape index (κ1) is 21.0. The number of hydrogen-bond acceptors (Lipinski definition) is 4. The molecule has 2 N–H and O–H groups in total. The normalized spacial score (nSPS) is 11.3. The Kier molecular flexibility index (Phi) is 5.73. The molecular formula is C21H21ClN2O4S. The maximum absolute atomic E-state index is 12.9. The molecule has 3 rings (SSSR count). The predicted molar refractivity (Wildman–Crippen MR) is 114 cm³/mol. The maximum atomic E-state index is 12.9. The van der Waals surface area contributed by atoms with Crippen LogP contribution >= 0.6 is 11.6 Å². The lowest BCUT2D eigenvalue weighted by molar-refractivity contribution is 0.102. The lowest BCUT2D eigenvalue weighted by Crippen LogP contribution is -2.17. The summed E-state index contributed by atoms with van der Waals surface area (Å²) in [4.78, 5) is 12.8. The van der Waals surface area contributed by atoms with Gasteiger partial charge in [-0.2, -0.15) is 0 Å². The van der Waals surface area contributed by atoms with E-state index in [0.717, 1.165) is 5.56 Å². The zero-order valence-corrected chi connectivity index (χ0v) is 18.0. The Balaban J connectivity index is 1.89. The standard InChI is InChI=1S/C21H21ClN2O4S/c1-12-5-8-18(23-21(25)20-13(2)14(3)28-15(20)4)11-19(12)29(26,27)24-17-9-6-16(22)7-10-17/h5-11,24H,1-4H3,(H,23,25). The second-order valence-corrected chi connectivity index (χ2v) is 8.85. The molecule has 29 heavy (non-hydrogen) atoms. The smallest absolute Gasteiger partial charge is 0.262 e. The minimum atomic E-state index is -3.85. The van der Waals surface area contributed by atoms with E-state index in [0.29, 0.717) is 39.0 Å². The Morgan fingerprint density at radius 2 is 1.55 bits per heavy atom. The first-order valence-electron chi connectivity index (χ1n) is 8.85. The fourth-order valence-electron chi connectivity index (χ4n) is 3.02. The molecule has 1 amide bonds. The Morgan fingerprint density at radius 1 is 0.931 bits per heavy atom. The predicted octanol–water partition coefficient (Wildman–Crippen LogP) is 5.22. The fraction of sp³-hybridized carbons (Fsp3) is 0.190. The molecule has 0 spiro atoms. The highest BCUT2D eigenvalue weighted by Gasteiger charge is 2.21. The van der Waals surface area contributed by atoms with E-state index in [9.17, 15) is 13.2 Å². The van der Waals surface area contributed by atoms with Gasteiger partial charge >= 0.3 is 0 Å². The first-order chi connectivity index (χ1) is 13.6. The number of halogens is 1. The van der Waals surface area contributed by atoms with Crippen molar-refractivity contribution < 1.29 is 17.6 Å². The summed E-state index contributed by atoms with van der Waals surface area (Å²) in [6.07, 6.45) is 0. The summed E-state index contributed by atoms with van der Waals surface area (Å²) in [5.74, 6) is 0.837. The Bertz CT molecular complexity index is 1180. The molecule has 152 valence electrons. The van der Waals surface area contributed by atoms with Crippen molar-refractivity contribution >= 4 is 38.9 Å². The number of hydrogen-bond donors (Lipinski definition) is 2. The number of rotatable bonds is 5. The number of carbonyl (C=O) groups is 1. The van der Waals surface area contributed by atoms with Gasteiger partial charge in [0, 0.05) is 22.0 Å². The van der Waals surface area contributed by atoms with Crippen LogP contribution in [0.1, 0.15) is 33.0 Å². The molecule has 0 radical (unpaired) electrons. The van der Waals surface area contributed by atoms with E-state index >= 15 is 0 Å². The van der Waals surface area contributed by atoms with Gasteiger partial charge in [-0.25, -0.2) is 8.42 Å². The van der Waals surface area contributed by atoms with Crippen LogP contribution < -0.4 is 10.0 Å². The van der Waals surface area contributed by atoms with Crippen LogP contribution in [0.15, 0.2) is 51.8 Å². The fourth-order valence-corrected chi connectivity index (χ4v) is 4.47. The molecule has 0 aliphatic carbocycles. The van der Waals surface area contributed by atoms with Crippen LogP contribution in [0, 0.1) is 27.7 Å². The van der Waals surface area contributed by atoms with Gasteiger partial charge in [-0.05, 0) is 69.7 Å². The molecule has 3 aromatic rings. The molecule has 0 saturated heterocycles. The van der Waals surface area contributed by atoms with Gasteiger partial charge in [-0.1, -0.05) is 17.7 Å². The van der Waals surface area contributed by atoms with Crippen molar-refractivity contribution in [1.29, 1.82) is 0 Å². The number of aryl methyl sites for hydroxylation is 3. The molecule has 1 heterocycles. The van der Waals surface area contributed by atoms with Crippen LogP contribution in [-0.2, 0) is 10.0 Å². The lowest BCUT2D eigenvalue weighted by atomic mass is 10.1. The van der Waals surface area contributed by atoms with E-state index in [-0.39, 0.29) is 10.8 Å². The molecule has 6 nitrogen and oxygen atoms in total. The van der Waals surface area contributed by atoms with E-state index in [1.165, 1.54) is 6.07 Å². The van der Waals surface area contributed by atoms with Gasteiger partial charge in [-0.15, -0.1) is 0 Å². The van der Waals surface area contributed by atoms with Crippen molar-refractivity contribution in [2.24, 2.45) is 0 Å². The van der Waals surface area contributed by atoms with Gasteiger partial charge in [0.25, 0.3) is 15.9 Å². The highest BCUT2D eigenvalue weighted by atomic mass is 35.5. The van der Waals surface area contributed by atoms with Crippen molar-refractivity contribution in [3.63, 3.8) is 0 Å². The number of carbonyl (C=O) groups excluding carboxylic acids is 1. The van der Waals surface area contributed by atoms with Crippen LogP contribution in [0.5, 0.6) is 0 Å². The van der Waals surface area contributed by atoms with Gasteiger partial charge < -0.3 is 9.73 Å². The summed E-state index contributed by atoms with van der Waals surface area (Å²) >= 11 is 5.84. The highest BCUT2D eigenvalue weighted by Crippen LogP contribution is 2.26. The number of sulfonamides is 1. The van der Waals surface area contributed by atoms with Gasteiger partial charge in [0.15, 0.2) is 0 Å². The summed E-state index contributed by atoms with van der Waals surface area (Å²) < 4.78 is 33.7. The Labute approximate surface area is 174 Å². The molecule has 8 heteroatoms. The van der Waals surface area contributed by atoms with Crippen LogP contribution in [0.4, 0.5) is 11.4 Å². The third kappa shape index (κ3) is 4.46. The average Bonchev–Trinajstić information content (AvgIpc) is 2.90. The maximum Gasteiger partial charge on any atom is 0.262 e. The third-order valence-electron chi connectivity index (χ3n) is 4.62. The van der Waals surface area contributed by atoms with Gasteiger partial charge in [0.1, 0.15) is 11.5 Å².